The van der Waals surface area contributed by atoms with E-state index in [1.54, 1.807) is 0 Å². The average molecular weight is 311 g/mol. The maximum Gasteiger partial charge on any atom is 0.389 e. The van der Waals surface area contributed by atoms with Gasteiger partial charge in [-0.05, 0) is 18.8 Å². The first-order valence-corrected chi connectivity index (χ1v) is 7.26. The van der Waals surface area contributed by atoms with Crippen molar-refractivity contribution < 1.29 is 14.5 Å². The summed E-state index contributed by atoms with van der Waals surface area (Å²) in [5, 5.41) is 17.0. The molecule has 1 fully saturated rings. The van der Waals surface area contributed by atoms with E-state index in [0.717, 1.165) is 19.6 Å². The van der Waals surface area contributed by atoms with Crippen LogP contribution in [0.15, 0.2) is 12.3 Å². The fourth-order valence-corrected chi connectivity index (χ4v) is 2.56. The quantitative estimate of drug-likeness (QED) is 0.587. The van der Waals surface area contributed by atoms with Crippen LogP contribution in [-0.4, -0.2) is 63.9 Å². The molecular weight excluding hydrogens is 290 g/mol. The summed E-state index contributed by atoms with van der Waals surface area (Å²) < 4.78 is 6.91. The summed E-state index contributed by atoms with van der Waals surface area (Å²) in [6.45, 7) is 7.03. The molecule has 0 aliphatic carbocycles. The molecule has 122 valence electrons. The van der Waals surface area contributed by atoms with Crippen LogP contribution in [0.2, 0.25) is 0 Å². The largest absolute Gasteiger partial charge is 0.389 e. The zero-order chi connectivity index (χ0) is 16.1. The van der Waals surface area contributed by atoms with Crippen molar-refractivity contribution in [3.63, 3.8) is 0 Å². The smallest absolute Gasteiger partial charge is 0.373 e. The minimum Gasteiger partial charge on any atom is -0.373 e. The summed E-state index contributed by atoms with van der Waals surface area (Å²) in [7, 11) is 0. The van der Waals surface area contributed by atoms with E-state index in [1.807, 2.05) is 13.8 Å². The number of morpholine rings is 1. The van der Waals surface area contributed by atoms with Crippen LogP contribution in [0.1, 0.15) is 13.8 Å². The number of hydrogen-bond acceptors (Lipinski definition) is 6. The topological polar surface area (TPSA) is 103 Å². The second-order valence-electron chi connectivity index (χ2n) is 5.50. The summed E-state index contributed by atoms with van der Waals surface area (Å²) in [6.07, 6.45) is 1.82. The third-order valence-corrected chi connectivity index (χ3v) is 3.36. The van der Waals surface area contributed by atoms with Gasteiger partial charge in [-0.3, -0.25) is 9.69 Å². The van der Waals surface area contributed by atoms with Gasteiger partial charge in [0.05, 0.1) is 29.6 Å². The lowest BCUT2D eigenvalue weighted by atomic mass is 10.2. The molecule has 1 aromatic rings. The van der Waals surface area contributed by atoms with Crippen LogP contribution < -0.4 is 5.32 Å². The van der Waals surface area contributed by atoms with E-state index in [1.165, 1.54) is 16.9 Å². The molecular formula is C13H21N5O4. The third kappa shape index (κ3) is 4.78. The van der Waals surface area contributed by atoms with Gasteiger partial charge in [0.15, 0.2) is 0 Å². The number of hydrogen-bond donors (Lipinski definition) is 1. The van der Waals surface area contributed by atoms with Gasteiger partial charge in [0.25, 0.3) is 0 Å². The molecule has 1 aliphatic heterocycles. The normalized spacial score (nSPS) is 22.5. The van der Waals surface area contributed by atoms with Gasteiger partial charge in [-0.15, -0.1) is 0 Å². The highest BCUT2D eigenvalue weighted by Gasteiger charge is 2.21. The number of carbonyl (C=O) groups excluding carboxylic acids is 1. The molecule has 2 heterocycles. The maximum atomic E-state index is 11.8. The first kappa shape index (κ1) is 16.4. The van der Waals surface area contributed by atoms with E-state index in [4.69, 9.17) is 4.74 Å². The highest BCUT2D eigenvalue weighted by atomic mass is 16.6. The van der Waals surface area contributed by atoms with Crippen molar-refractivity contribution in [2.45, 2.75) is 32.6 Å². The molecule has 1 N–H and O–H groups in total. The van der Waals surface area contributed by atoms with Crippen molar-refractivity contribution in [1.29, 1.82) is 0 Å². The molecule has 1 aliphatic rings. The number of ether oxygens (including phenoxy) is 1. The van der Waals surface area contributed by atoms with E-state index in [9.17, 15) is 14.9 Å². The van der Waals surface area contributed by atoms with E-state index in [0.29, 0.717) is 6.54 Å². The summed E-state index contributed by atoms with van der Waals surface area (Å²) in [4.78, 5) is 24.0. The summed E-state index contributed by atoms with van der Waals surface area (Å²) in [5.41, 5.74) is 0. The van der Waals surface area contributed by atoms with Crippen LogP contribution >= 0.6 is 0 Å². The Morgan fingerprint density at radius 2 is 2.18 bits per heavy atom. The fourth-order valence-electron chi connectivity index (χ4n) is 2.56. The van der Waals surface area contributed by atoms with Gasteiger partial charge in [-0.25, -0.2) is 0 Å². The van der Waals surface area contributed by atoms with E-state index < -0.39 is 4.92 Å². The first-order chi connectivity index (χ1) is 10.4. The Hall–Kier alpha value is -2.00. The third-order valence-electron chi connectivity index (χ3n) is 3.36. The standard InChI is InChI=1S/C13H21N5O4/c1-10-7-16(8-11(2)22-10)6-4-14-13(19)9-17-5-3-12(15-17)18(20)21/h3,5,10-11H,4,6-9H2,1-2H3,(H,14,19)/t10-,11+. The Kier molecular flexibility index (Phi) is 5.45. The molecule has 9 nitrogen and oxygen atoms in total. The highest BCUT2D eigenvalue weighted by Crippen LogP contribution is 2.09. The molecule has 9 heteroatoms. The molecule has 2 atom stereocenters. The zero-order valence-corrected chi connectivity index (χ0v) is 12.8. The molecule has 2 rings (SSSR count). The van der Waals surface area contributed by atoms with Crippen molar-refractivity contribution in [3.05, 3.63) is 22.4 Å². The number of rotatable bonds is 6. The van der Waals surface area contributed by atoms with Crippen LogP contribution in [0.25, 0.3) is 0 Å². The summed E-state index contributed by atoms with van der Waals surface area (Å²) >= 11 is 0. The van der Waals surface area contributed by atoms with Crippen molar-refractivity contribution in [1.82, 2.24) is 20.0 Å². The van der Waals surface area contributed by atoms with Gasteiger partial charge < -0.3 is 20.2 Å². The van der Waals surface area contributed by atoms with Crippen molar-refractivity contribution in [2.75, 3.05) is 26.2 Å². The van der Waals surface area contributed by atoms with E-state index >= 15 is 0 Å². The first-order valence-electron chi connectivity index (χ1n) is 7.26. The number of aromatic nitrogens is 2. The SMILES string of the molecule is C[C@@H]1CN(CCNC(=O)Cn2ccc([N+](=O)[O-])n2)C[C@H](C)O1. The molecule has 0 aromatic carbocycles. The number of nitrogens with one attached hydrogen (secondary N) is 1. The average Bonchev–Trinajstić information content (AvgIpc) is 2.86. The predicted octanol–water partition coefficient (Wildman–Crippen LogP) is 0.0167. The molecule has 1 saturated heterocycles. The van der Waals surface area contributed by atoms with Gasteiger partial charge in [0.2, 0.25) is 5.91 Å². The Morgan fingerprint density at radius 1 is 1.50 bits per heavy atom. The van der Waals surface area contributed by atoms with Crippen molar-refractivity contribution >= 4 is 11.7 Å². The van der Waals surface area contributed by atoms with Gasteiger partial charge in [0, 0.05) is 26.2 Å². The number of nitrogens with zero attached hydrogens (tertiary/aromatic N) is 4. The summed E-state index contributed by atoms with van der Waals surface area (Å²) in [6, 6.07) is 1.27. The van der Waals surface area contributed by atoms with Gasteiger partial charge in [-0.2, -0.15) is 4.68 Å². The lowest BCUT2D eigenvalue weighted by Crippen LogP contribution is -2.48. The number of amides is 1. The Balaban J connectivity index is 1.70. The molecule has 1 amide bonds. The summed E-state index contributed by atoms with van der Waals surface area (Å²) in [5.74, 6) is -0.476. The molecule has 0 spiro atoms. The Morgan fingerprint density at radius 3 is 2.77 bits per heavy atom. The Bertz CT molecular complexity index is 522. The molecule has 1 aromatic heterocycles. The van der Waals surface area contributed by atoms with Crippen LogP contribution in [0.4, 0.5) is 5.82 Å². The van der Waals surface area contributed by atoms with Crippen LogP contribution in [0, 0.1) is 10.1 Å². The Labute approximate surface area is 128 Å². The number of nitro groups is 1. The number of carbonyl (C=O) groups is 1. The molecule has 0 saturated carbocycles. The van der Waals surface area contributed by atoms with Gasteiger partial charge in [0.1, 0.15) is 6.54 Å². The zero-order valence-electron chi connectivity index (χ0n) is 12.8. The second-order valence-corrected chi connectivity index (χ2v) is 5.50. The molecule has 0 unspecified atom stereocenters. The highest BCUT2D eigenvalue weighted by molar-refractivity contribution is 5.75. The van der Waals surface area contributed by atoms with Crippen molar-refractivity contribution in [3.8, 4) is 0 Å². The van der Waals surface area contributed by atoms with Crippen LogP contribution in [0.5, 0.6) is 0 Å². The lowest BCUT2D eigenvalue weighted by molar-refractivity contribution is -0.389. The lowest BCUT2D eigenvalue weighted by Gasteiger charge is -2.35. The van der Waals surface area contributed by atoms with Crippen LogP contribution in [0.3, 0.4) is 0 Å². The second kappa shape index (κ2) is 7.32. The monoisotopic (exact) mass is 311 g/mol. The van der Waals surface area contributed by atoms with Gasteiger partial charge in [-0.1, -0.05) is 0 Å². The predicted molar refractivity (Wildman–Crippen MR) is 78.3 cm³/mol. The van der Waals surface area contributed by atoms with E-state index in [-0.39, 0.29) is 30.5 Å². The molecule has 22 heavy (non-hydrogen) atoms. The molecule has 0 bridgehead atoms. The minimum absolute atomic E-state index is 0.0241. The molecule has 0 radical (unpaired) electrons. The van der Waals surface area contributed by atoms with Crippen LogP contribution in [-0.2, 0) is 16.1 Å². The van der Waals surface area contributed by atoms with Crippen molar-refractivity contribution in [2.24, 2.45) is 0 Å². The van der Waals surface area contributed by atoms with E-state index in [2.05, 4.69) is 15.3 Å². The minimum atomic E-state index is -0.588. The fraction of sp³-hybridized carbons (Fsp3) is 0.692. The van der Waals surface area contributed by atoms with Gasteiger partial charge >= 0.3 is 5.82 Å². The maximum absolute atomic E-state index is 11.8.